The van der Waals surface area contributed by atoms with Crippen molar-refractivity contribution < 1.29 is 19.0 Å². The largest absolute Gasteiger partial charge is 0.493 e. The second-order valence-corrected chi connectivity index (χ2v) is 11.5. The van der Waals surface area contributed by atoms with E-state index in [0.717, 1.165) is 42.7 Å². The van der Waals surface area contributed by atoms with Crippen LogP contribution in [0.5, 0.6) is 11.5 Å². The van der Waals surface area contributed by atoms with Crippen molar-refractivity contribution in [1.82, 2.24) is 4.90 Å². The minimum absolute atomic E-state index is 0.307. The van der Waals surface area contributed by atoms with Gasteiger partial charge in [0.15, 0.2) is 11.5 Å². The van der Waals surface area contributed by atoms with Crippen LogP contribution in [-0.4, -0.2) is 37.3 Å². The number of aliphatic imine (C=N–C) groups is 1. The van der Waals surface area contributed by atoms with E-state index in [0.29, 0.717) is 35.3 Å². The lowest BCUT2D eigenvalue weighted by Crippen LogP contribution is -2.29. The van der Waals surface area contributed by atoms with Crippen LogP contribution in [0.4, 0.5) is 5.00 Å². The molecule has 0 aliphatic carbocycles. The summed E-state index contributed by atoms with van der Waals surface area (Å²) in [6.07, 6.45) is 2.57. The first-order valence-corrected chi connectivity index (χ1v) is 15.3. The molecule has 1 aliphatic heterocycles. The number of rotatable bonds is 10. The Kier molecular flexibility index (Phi) is 8.82. The first-order chi connectivity index (χ1) is 21.1. The summed E-state index contributed by atoms with van der Waals surface area (Å²) in [6.45, 7) is 5.12. The van der Waals surface area contributed by atoms with Gasteiger partial charge in [0.2, 0.25) is 0 Å². The third-order valence-electron chi connectivity index (χ3n) is 7.63. The van der Waals surface area contributed by atoms with E-state index in [4.69, 9.17) is 19.2 Å². The first-order valence-electron chi connectivity index (χ1n) is 14.5. The number of esters is 1. The Balaban J connectivity index is 1.21. The van der Waals surface area contributed by atoms with Gasteiger partial charge in [-0.15, -0.1) is 11.3 Å². The zero-order valence-electron chi connectivity index (χ0n) is 24.4. The van der Waals surface area contributed by atoms with E-state index >= 15 is 0 Å². The molecule has 0 unspecified atom stereocenters. The molecule has 0 atom stereocenters. The standard InChI is InChI=1S/C36H34N2O4S/c1-3-41-36(39)34-30-18-19-38(22-25-10-5-4-6-11-25)23-33(30)43-35(34)37-21-26-16-17-31(32(20-26)40-2)42-24-28-14-9-13-27-12-7-8-15-29(27)28/h4-17,20-21H,3,18-19,22-24H2,1-2H3. The van der Waals surface area contributed by atoms with E-state index in [1.165, 1.54) is 21.2 Å². The van der Waals surface area contributed by atoms with Gasteiger partial charge >= 0.3 is 5.97 Å². The third-order valence-corrected chi connectivity index (χ3v) is 8.75. The molecule has 1 aromatic heterocycles. The van der Waals surface area contributed by atoms with Crippen LogP contribution >= 0.6 is 11.3 Å². The van der Waals surface area contributed by atoms with Crippen molar-refractivity contribution in [2.75, 3.05) is 20.3 Å². The van der Waals surface area contributed by atoms with E-state index < -0.39 is 0 Å². The molecule has 0 saturated carbocycles. The number of hydrogen-bond donors (Lipinski definition) is 0. The van der Waals surface area contributed by atoms with Gasteiger partial charge < -0.3 is 14.2 Å². The molecule has 6 nitrogen and oxygen atoms in total. The monoisotopic (exact) mass is 590 g/mol. The minimum Gasteiger partial charge on any atom is -0.493 e. The Morgan fingerprint density at radius 1 is 0.977 bits per heavy atom. The van der Waals surface area contributed by atoms with Gasteiger partial charge in [-0.25, -0.2) is 9.79 Å². The number of carbonyl (C=O) groups is 1. The van der Waals surface area contributed by atoms with Gasteiger partial charge in [-0.3, -0.25) is 4.90 Å². The van der Waals surface area contributed by atoms with Gasteiger partial charge in [0, 0.05) is 30.7 Å². The molecule has 0 saturated heterocycles. The number of methoxy groups -OCH3 is 1. The van der Waals surface area contributed by atoms with Gasteiger partial charge in [-0.1, -0.05) is 72.8 Å². The molecular formula is C36H34N2O4S. The van der Waals surface area contributed by atoms with Crippen LogP contribution in [-0.2, 0) is 30.9 Å². The summed E-state index contributed by atoms with van der Waals surface area (Å²) in [4.78, 5) is 21.5. The van der Waals surface area contributed by atoms with Crippen molar-refractivity contribution in [3.63, 3.8) is 0 Å². The average Bonchev–Trinajstić information content (AvgIpc) is 3.41. The summed E-state index contributed by atoms with van der Waals surface area (Å²) in [5.74, 6) is 0.972. The molecular weight excluding hydrogens is 556 g/mol. The lowest BCUT2D eigenvalue weighted by molar-refractivity contribution is 0.0526. The molecule has 2 heterocycles. The maximum atomic E-state index is 13.1. The van der Waals surface area contributed by atoms with E-state index in [9.17, 15) is 4.79 Å². The van der Waals surface area contributed by atoms with Crippen molar-refractivity contribution in [1.29, 1.82) is 0 Å². The van der Waals surface area contributed by atoms with E-state index in [-0.39, 0.29) is 5.97 Å². The van der Waals surface area contributed by atoms with Gasteiger partial charge in [0.05, 0.1) is 19.3 Å². The molecule has 0 amide bonds. The number of carbonyl (C=O) groups excluding carboxylic acids is 1. The van der Waals surface area contributed by atoms with Gasteiger partial charge in [0.1, 0.15) is 11.6 Å². The average molecular weight is 591 g/mol. The summed E-state index contributed by atoms with van der Waals surface area (Å²) in [5, 5.41) is 3.04. The number of ether oxygens (including phenoxy) is 3. The predicted octanol–water partition coefficient (Wildman–Crippen LogP) is 7.97. The summed E-state index contributed by atoms with van der Waals surface area (Å²) in [5.41, 5.74) is 4.90. The third kappa shape index (κ3) is 6.48. The van der Waals surface area contributed by atoms with Crippen molar-refractivity contribution in [3.8, 4) is 11.5 Å². The van der Waals surface area contributed by atoms with Crippen LogP contribution in [0.15, 0.2) is 96.0 Å². The number of thiophene rings is 1. The highest BCUT2D eigenvalue weighted by atomic mass is 32.1. The Bertz CT molecular complexity index is 1760. The Morgan fingerprint density at radius 2 is 1.79 bits per heavy atom. The number of fused-ring (bicyclic) bond motifs is 2. The molecule has 218 valence electrons. The van der Waals surface area contributed by atoms with Crippen LogP contribution in [0.1, 0.15) is 44.4 Å². The Hall–Kier alpha value is -4.46. The van der Waals surface area contributed by atoms with Gasteiger partial charge in [0.25, 0.3) is 0 Å². The molecule has 0 fully saturated rings. The fraction of sp³-hybridized carbons (Fsp3) is 0.222. The highest BCUT2D eigenvalue weighted by molar-refractivity contribution is 7.16. The van der Waals surface area contributed by atoms with Crippen molar-refractivity contribution in [2.24, 2.45) is 4.99 Å². The second-order valence-electron chi connectivity index (χ2n) is 10.4. The van der Waals surface area contributed by atoms with Crippen molar-refractivity contribution in [2.45, 2.75) is 33.0 Å². The molecule has 6 rings (SSSR count). The van der Waals surface area contributed by atoms with Crippen LogP contribution in [0.25, 0.3) is 10.8 Å². The molecule has 0 N–H and O–H groups in total. The Labute approximate surface area is 256 Å². The van der Waals surface area contributed by atoms with Crippen LogP contribution in [0, 0.1) is 0 Å². The molecule has 43 heavy (non-hydrogen) atoms. The van der Waals surface area contributed by atoms with Gasteiger partial charge in [-0.05, 0) is 64.6 Å². The van der Waals surface area contributed by atoms with Crippen molar-refractivity contribution >= 4 is 39.3 Å². The highest BCUT2D eigenvalue weighted by Gasteiger charge is 2.28. The first kappa shape index (κ1) is 28.6. The summed E-state index contributed by atoms with van der Waals surface area (Å²) in [7, 11) is 1.63. The maximum Gasteiger partial charge on any atom is 0.341 e. The molecule has 7 heteroatoms. The Morgan fingerprint density at radius 3 is 2.63 bits per heavy atom. The molecule has 0 radical (unpaired) electrons. The van der Waals surface area contributed by atoms with Crippen molar-refractivity contribution in [3.05, 3.63) is 124 Å². The summed E-state index contributed by atoms with van der Waals surface area (Å²) < 4.78 is 17.3. The van der Waals surface area contributed by atoms with E-state index in [1.54, 1.807) is 24.7 Å². The van der Waals surface area contributed by atoms with Crippen LogP contribution < -0.4 is 9.47 Å². The number of hydrogen-bond acceptors (Lipinski definition) is 7. The lowest BCUT2D eigenvalue weighted by atomic mass is 10.0. The fourth-order valence-electron chi connectivity index (χ4n) is 5.51. The molecule has 1 aliphatic rings. The van der Waals surface area contributed by atoms with Crippen LogP contribution in [0.2, 0.25) is 0 Å². The van der Waals surface area contributed by atoms with E-state index in [1.807, 2.05) is 49.4 Å². The second kappa shape index (κ2) is 13.2. The highest BCUT2D eigenvalue weighted by Crippen LogP contribution is 2.40. The molecule has 0 bridgehead atoms. The molecule has 4 aromatic carbocycles. The lowest BCUT2D eigenvalue weighted by Gasteiger charge is -2.27. The summed E-state index contributed by atoms with van der Waals surface area (Å²) >= 11 is 1.57. The number of nitrogens with zero attached hydrogens (tertiary/aromatic N) is 2. The van der Waals surface area contributed by atoms with E-state index in [2.05, 4.69) is 53.4 Å². The molecule has 0 spiro atoms. The molecule has 5 aromatic rings. The topological polar surface area (TPSA) is 60.4 Å². The predicted molar refractivity (Wildman–Crippen MR) is 173 cm³/mol. The maximum absolute atomic E-state index is 13.1. The fourth-order valence-corrected chi connectivity index (χ4v) is 6.74. The van der Waals surface area contributed by atoms with Gasteiger partial charge in [-0.2, -0.15) is 0 Å². The normalized spacial score (nSPS) is 13.3. The zero-order chi connectivity index (χ0) is 29.6. The van der Waals surface area contributed by atoms with Crippen LogP contribution in [0.3, 0.4) is 0 Å². The quantitative estimate of drug-likeness (QED) is 0.122. The zero-order valence-corrected chi connectivity index (χ0v) is 25.2. The number of benzene rings is 4. The smallest absolute Gasteiger partial charge is 0.341 e. The SMILES string of the molecule is CCOC(=O)c1c(N=Cc2ccc(OCc3cccc4ccccc34)c(OC)c2)sc2c1CCN(Cc1ccccc1)C2. The minimum atomic E-state index is -0.307. The summed E-state index contributed by atoms with van der Waals surface area (Å²) in [6, 6.07) is 30.8.